The third-order valence-electron chi connectivity index (χ3n) is 4.17. The Hall–Kier alpha value is -0.830. The van der Waals surface area contributed by atoms with E-state index in [4.69, 9.17) is 0 Å². The molecule has 0 aromatic rings. The first-order chi connectivity index (χ1) is 8.49. The highest BCUT2D eigenvalue weighted by atomic mass is 16.2. The van der Waals surface area contributed by atoms with E-state index < -0.39 is 0 Å². The van der Waals surface area contributed by atoms with Crippen LogP contribution in [0.4, 0.5) is 0 Å². The molecule has 18 heavy (non-hydrogen) atoms. The predicted octanol–water partition coefficient (Wildman–Crippen LogP) is 2.58. The molecule has 1 aliphatic rings. The Morgan fingerprint density at radius 3 is 2.33 bits per heavy atom. The van der Waals surface area contributed by atoms with Gasteiger partial charge in [0.1, 0.15) is 0 Å². The molecule has 1 rings (SSSR count). The summed E-state index contributed by atoms with van der Waals surface area (Å²) in [7, 11) is 3.75. The Labute approximate surface area is 112 Å². The van der Waals surface area contributed by atoms with Gasteiger partial charge in [-0.05, 0) is 39.7 Å². The number of hydrogen-bond donors (Lipinski definition) is 1. The van der Waals surface area contributed by atoms with Crippen LogP contribution < -0.4 is 5.32 Å². The van der Waals surface area contributed by atoms with Gasteiger partial charge in [0.05, 0.1) is 12.1 Å². The minimum atomic E-state index is -0.125. The van der Waals surface area contributed by atoms with Crippen LogP contribution in [0.5, 0.6) is 0 Å². The van der Waals surface area contributed by atoms with Gasteiger partial charge in [-0.25, -0.2) is 0 Å². The fraction of sp³-hybridized carbons (Fsp3) is 0.800. The van der Waals surface area contributed by atoms with Crippen molar-refractivity contribution >= 4 is 5.91 Å². The molecule has 0 aromatic heterocycles. The summed E-state index contributed by atoms with van der Waals surface area (Å²) in [6, 6.07) is 0.0778. The van der Waals surface area contributed by atoms with Gasteiger partial charge >= 0.3 is 0 Å². The predicted molar refractivity (Wildman–Crippen MR) is 76.5 cm³/mol. The largest absolute Gasteiger partial charge is 0.337 e. The summed E-state index contributed by atoms with van der Waals surface area (Å²) in [5.41, 5.74) is 1.11. The number of rotatable bonds is 5. The van der Waals surface area contributed by atoms with Crippen molar-refractivity contribution in [3.05, 3.63) is 12.2 Å². The number of amides is 1. The topological polar surface area (TPSA) is 32.3 Å². The van der Waals surface area contributed by atoms with E-state index in [2.05, 4.69) is 11.9 Å². The molecule has 1 N–H and O–H groups in total. The third kappa shape index (κ3) is 3.58. The Morgan fingerprint density at radius 2 is 1.89 bits per heavy atom. The molecule has 0 spiro atoms. The molecule has 0 radical (unpaired) electrons. The summed E-state index contributed by atoms with van der Waals surface area (Å²) >= 11 is 0. The molecule has 2 atom stereocenters. The van der Waals surface area contributed by atoms with Gasteiger partial charge in [-0.1, -0.05) is 31.4 Å². The van der Waals surface area contributed by atoms with E-state index in [1.54, 1.807) is 0 Å². The van der Waals surface area contributed by atoms with Crippen LogP contribution in [0.1, 0.15) is 46.0 Å². The minimum absolute atomic E-state index is 0.125. The van der Waals surface area contributed by atoms with E-state index in [1.807, 2.05) is 32.8 Å². The zero-order valence-corrected chi connectivity index (χ0v) is 12.3. The van der Waals surface area contributed by atoms with Crippen molar-refractivity contribution in [2.45, 2.75) is 58.0 Å². The lowest BCUT2D eigenvalue weighted by atomic mass is 9.81. The van der Waals surface area contributed by atoms with Gasteiger partial charge in [0, 0.05) is 7.05 Å². The standard InChI is InChI=1S/C15H28N2O/c1-11(2)14(13-9-7-6-8-10-13)17(5)15(18)12(3)16-4/h12-14,16H,1,6-10H2,2-5H3. The normalized spacial score (nSPS) is 20.2. The summed E-state index contributed by atoms with van der Waals surface area (Å²) in [6.45, 7) is 8.07. The number of carbonyl (C=O) groups excluding carboxylic acids is 1. The molecule has 2 unspecified atom stereocenters. The maximum absolute atomic E-state index is 12.3. The van der Waals surface area contributed by atoms with E-state index in [9.17, 15) is 4.79 Å². The molecule has 0 heterocycles. The first kappa shape index (κ1) is 15.2. The highest BCUT2D eigenvalue weighted by Gasteiger charge is 2.31. The Bertz CT molecular complexity index is 295. The lowest BCUT2D eigenvalue weighted by molar-refractivity contribution is -0.134. The summed E-state index contributed by atoms with van der Waals surface area (Å²) in [5, 5.41) is 3.02. The average molecular weight is 252 g/mol. The molecule has 0 aromatic carbocycles. The van der Waals surface area contributed by atoms with Crippen LogP contribution >= 0.6 is 0 Å². The molecule has 1 saturated carbocycles. The van der Waals surface area contributed by atoms with E-state index >= 15 is 0 Å². The van der Waals surface area contributed by atoms with E-state index in [-0.39, 0.29) is 18.0 Å². The van der Waals surface area contributed by atoms with Gasteiger partial charge in [0.15, 0.2) is 0 Å². The van der Waals surface area contributed by atoms with Crippen molar-refractivity contribution in [3.63, 3.8) is 0 Å². The summed E-state index contributed by atoms with van der Waals surface area (Å²) in [4.78, 5) is 14.2. The van der Waals surface area contributed by atoms with Crippen molar-refractivity contribution in [3.8, 4) is 0 Å². The van der Waals surface area contributed by atoms with Gasteiger partial charge in [-0.2, -0.15) is 0 Å². The molecule has 1 fully saturated rings. The zero-order valence-electron chi connectivity index (χ0n) is 12.3. The summed E-state index contributed by atoms with van der Waals surface area (Å²) in [5.74, 6) is 0.755. The molecule has 1 amide bonds. The molecule has 3 nitrogen and oxygen atoms in total. The second-order valence-electron chi connectivity index (χ2n) is 5.65. The van der Waals surface area contributed by atoms with Crippen LogP contribution in [-0.4, -0.2) is 37.0 Å². The van der Waals surface area contributed by atoms with Crippen LogP contribution in [0.15, 0.2) is 12.2 Å². The van der Waals surface area contributed by atoms with Gasteiger partial charge in [0.25, 0.3) is 0 Å². The van der Waals surface area contributed by atoms with Gasteiger partial charge < -0.3 is 10.2 Å². The highest BCUT2D eigenvalue weighted by Crippen LogP contribution is 2.31. The first-order valence-corrected chi connectivity index (χ1v) is 7.08. The van der Waals surface area contributed by atoms with Gasteiger partial charge in [-0.15, -0.1) is 0 Å². The zero-order chi connectivity index (χ0) is 13.7. The van der Waals surface area contributed by atoms with Gasteiger partial charge in [0.2, 0.25) is 5.91 Å². The molecule has 0 saturated heterocycles. The maximum Gasteiger partial charge on any atom is 0.239 e. The molecule has 104 valence electrons. The second kappa shape index (κ2) is 6.93. The Balaban J connectivity index is 2.77. The van der Waals surface area contributed by atoms with Crippen LogP contribution in [-0.2, 0) is 4.79 Å². The number of carbonyl (C=O) groups is 1. The fourth-order valence-corrected chi connectivity index (χ4v) is 3.07. The quantitative estimate of drug-likeness (QED) is 0.763. The third-order valence-corrected chi connectivity index (χ3v) is 4.17. The van der Waals surface area contributed by atoms with Crippen molar-refractivity contribution in [1.82, 2.24) is 10.2 Å². The number of nitrogens with one attached hydrogen (secondary N) is 1. The lowest BCUT2D eigenvalue weighted by Gasteiger charge is -2.38. The molecular formula is C15H28N2O. The first-order valence-electron chi connectivity index (χ1n) is 7.08. The number of nitrogens with zero attached hydrogens (tertiary/aromatic N) is 1. The monoisotopic (exact) mass is 252 g/mol. The highest BCUT2D eigenvalue weighted by molar-refractivity contribution is 5.81. The molecular weight excluding hydrogens is 224 g/mol. The second-order valence-corrected chi connectivity index (χ2v) is 5.65. The van der Waals surface area contributed by atoms with Crippen LogP contribution in [0.3, 0.4) is 0 Å². The van der Waals surface area contributed by atoms with Crippen LogP contribution in [0, 0.1) is 5.92 Å². The number of likely N-dealkylation sites (N-methyl/N-ethyl adjacent to an activating group) is 2. The minimum Gasteiger partial charge on any atom is -0.337 e. The molecule has 0 aliphatic heterocycles. The van der Waals surface area contributed by atoms with E-state index in [0.717, 1.165) is 5.57 Å². The van der Waals surface area contributed by atoms with Crippen molar-refractivity contribution in [2.75, 3.05) is 14.1 Å². The smallest absolute Gasteiger partial charge is 0.239 e. The van der Waals surface area contributed by atoms with Crippen LogP contribution in [0.2, 0.25) is 0 Å². The molecule has 3 heteroatoms. The Morgan fingerprint density at radius 1 is 1.33 bits per heavy atom. The SMILES string of the molecule is C=C(C)C(C1CCCCC1)N(C)C(=O)C(C)NC. The van der Waals surface area contributed by atoms with E-state index in [1.165, 1.54) is 32.1 Å². The lowest BCUT2D eigenvalue weighted by Crippen LogP contribution is -2.49. The molecule has 1 aliphatic carbocycles. The van der Waals surface area contributed by atoms with Crippen LogP contribution in [0.25, 0.3) is 0 Å². The summed E-state index contributed by atoms with van der Waals surface area (Å²) in [6.07, 6.45) is 6.37. The summed E-state index contributed by atoms with van der Waals surface area (Å²) < 4.78 is 0. The average Bonchev–Trinajstić information content (AvgIpc) is 2.37. The van der Waals surface area contributed by atoms with E-state index in [0.29, 0.717) is 5.92 Å². The van der Waals surface area contributed by atoms with Crippen molar-refractivity contribution < 1.29 is 4.79 Å². The van der Waals surface area contributed by atoms with Crippen molar-refractivity contribution in [2.24, 2.45) is 5.92 Å². The fourth-order valence-electron chi connectivity index (χ4n) is 3.07. The number of hydrogen-bond acceptors (Lipinski definition) is 2. The van der Waals surface area contributed by atoms with Gasteiger partial charge in [-0.3, -0.25) is 4.79 Å². The Kier molecular flexibility index (Phi) is 5.86. The van der Waals surface area contributed by atoms with Crippen molar-refractivity contribution in [1.29, 1.82) is 0 Å². The molecule has 0 bridgehead atoms. The maximum atomic E-state index is 12.3.